The fourth-order valence-corrected chi connectivity index (χ4v) is 4.17. The lowest BCUT2D eigenvalue weighted by molar-refractivity contribution is -0.125. The second-order valence-electron chi connectivity index (χ2n) is 7.11. The molecule has 0 bridgehead atoms. The lowest BCUT2D eigenvalue weighted by Crippen LogP contribution is -2.61. The molecule has 0 spiro atoms. The number of anilines is 2. The van der Waals surface area contributed by atoms with Crippen molar-refractivity contribution in [3.05, 3.63) is 55.0 Å². The third-order valence-electron chi connectivity index (χ3n) is 5.56. The molecule has 1 saturated heterocycles. The van der Waals surface area contributed by atoms with Crippen LogP contribution >= 0.6 is 0 Å². The van der Waals surface area contributed by atoms with E-state index in [1.807, 2.05) is 6.07 Å². The molecule has 3 heterocycles. The summed E-state index contributed by atoms with van der Waals surface area (Å²) < 4.78 is 5.43. The number of methoxy groups -OCH3 is 1. The molecule has 0 aliphatic carbocycles. The van der Waals surface area contributed by atoms with E-state index in [1.165, 1.54) is 5.56 Å². The van der Waals surface area contributed by atoms with Crippen LogP contribution in [0.3, 0.4) is 0 Å². The molecule has 7 nitrogen and oxygen atoms in total. The Kier molecular flexibility index (Phi) is 5.14. The van der Waals surface area contributed by atoms with Crippen molar-refractivity contribution in [2.24, 2.45) is 5.92 Å². The highest BCUT2D eigenvalue weighted by atomic mass is 16.5. The average Bonchev–Trinajstić information content (AvgIpc) is 2.76. The zero-order valence-electron chi connectivity index (χ0n) is 16.0. The van der Waals surface area contributed by atoms with Gasteiger partial charge in [0.2, 0.25) is 5.91 Å². The highest BCUT2D eigenvalue weighted by Crippen LogP contribution is 2.38. The van der Waals surface area contributed by atoms with Crippen molar-refractivity contribution >= 4 is 17.4 Å². The van der Waals surface area contributed by atoms with Crippen LogP contribution < -0.4 is 19.9 Å². The van der Waals surface area contributed by atoms with Crippen molar-refractivity contribution in [3.63, 3.8) is 0 Å². The minimum atomic E-state index is -0.139. The largest absolute Gasteiger partial charge is 0.497 e. The quantitative estimate of drug-likeness (QED) is 0.797. The summed E-state index contributed by atoms with van der Waals surface area (Å²) in [5, 5.41) is 2.99. The fraction of sp³-hybridized carbons (Fsp3) is 0.381. The van der Waals surface area contributed by atoms with E-state index in [-0.39, 0.29) is 17.9 Å². The molecule has 1 amide bonds. The molecule has 2 aliphatic heterocycles. The van der Waals surface area contributed by atoms with E-state index >= 15 is 0 Å². The van der Waals surface area contributed by atoms with E-state index in [0.717, 1.165) is 36.9 Å². The number of benzene rings is 1. The highest BCUT2D eigenvalue weighted by molar-refractivity contribution is 5.82. The first-order chi connectivity index (χ1) is 13.7. The molecule has 0 radical (unpaired) electrons. The molecule has 1 N–H and O–H groups in total. The fourth-order valence-electron chi connectivity index (χ4n) is 4.17. The lowest BCUT2D eigenvalue weighted by atomic mass is 9.83. The number of ether oxygens (including phenoxy) is 1. The molecule has 2 aromatic rings. The van der Waals surface area contributed by atoms with Crippen LogP contribution in [0.15, 0.2) is 49.4 Å². The summed E-state index contributed by atoms with van der Waals surface area (Å²) in [6, 6.07) is 6.18. The number of carbonyl (C=O) groups is 1. The van der Waals surface area contributed by atoms with Crippen LogP contribution in [0.5, 0.6) is 5.75 Å². The topological polar surface area (TPSA) is 70.6 Å². The van der Waals surface area contributed by atoms with Gasteiger partial charge in [-0.25, -0.2) is 4.98 Å². The van der Waals surface area contributed by atoms with Gasteiger partial charge < -0.3 is 19.9 Å². The van der Waals surface area contributed by atoms with Gasteiger partial charge >= 0.3 is 0 Å². The number of fused-ring (bicyclic) bond motifs is 3. The number of carbonyl (C=O) groups excluding carboxylic acids is 1. The summed E-state index contributed by atoms with van der Waals surface area (Å²) in [5.74, 6) is 1.62. The van der Waals surface area contributed by atoms with E-state index in [2.05, 4.69) is 43.8 Å². The average molecular weight is 379 g/mol. The Balaban J connectivity index is 1.66. The Morgan fingerprint density at radius 1 is 1.39 bits per heavy atom. The molecule has 28 heavy (non-hydrogen) atoms. The number of aromatic nitrogens is 2. The Hall–Kier alpha value is -3.09. The summed E-state index contributed by atoms with van der Waals surface area (Å²) in [4.78, 5) is 26.1. The van der Waals surface area contributed by atoms with Crippen molar-refractivity contribution in [1.82, 2.24) is 15.3 Å². The summed E-state index contributed by atoms with van der Waals surface area (Å²) in [6.07, 6.45) is 7.58. The van der Waals surface area contributed by atoms with Crippen LogP contribution in [0.4, 0.5) is 11.5 Å². The molecule has 7 heteroatoms. The number of piperazine rings is 1. The van der Waals surface area contributed by atoms with Gasteiger partial charge in [-0.15, -0.1) is 6.58 Å². The maximum absolute atomic E-state index is 12.9. The van der Waals surface area contributed by atoms with E-state index in [0.29, 0.717) is 13.0 Å². The third kappa shape index (κ3) is 3.40. The SMILES string of the molecule is C=CCNC(=O)[C@H]1Cc2ccc(OC)cc2N2CCN(c3cnccn3)C[C@H]12. The normalized spacial score (nSPS) is 20.8. The molecule has 4 rings (SSSR count). The van der Waals surface area contributed by atoms with E-state index in [1.54, 1.807) is 31.8 Å². The maximum Gasteiger partial charge on any atom is 0.225 e. The predicted octanol–water partition coefficient (Wildman–Crippen LogP) is 1.65. The van der Waals surface area contributed by atoms with Crippen LogP contribution in [-0.4, -0.2) is 55.2 Å². The van der Waals surface area contributed by atoms with Gasteiger partial charge in [0.1, 0.15) is 11.6 Å². The standard InChI is InChI=1S/C21H25N5O2/c1-3-6-24-21(27)17-11-15-4-5-16(28-2)12-18(15)26-10-9-25(14-19(17)26)20-13-22-7-8-23-20/h3-5,7-8,12-13,17,19H,1,6,9-11,14H2,2H3,(H,24,27)/t17-,19+/m0/s1. The van der Waals surface area contributed by atoms with Gasteiger partial charge in [0.05, 0.1) is 25.3 Å². The van der Waals surface area contributed by atoms with Gasteiger partial charge in [0, 0.05) is 50.3 Å². The second kappa shape index (κ2) is 7.88. The maximum atomic E-state index is 12.9. The van der Waals surface area contributed by atoms with Gasteiger partial charge in [0.25, 0.3) is 0 Å². The van der Waals surface area contributed by atoms with Crippen molar-refractivity contribution < 1.29 is 9.53 Å². The molecule has 1 aromatic heterocycles. The first-order valence-corrected chi connectivity index (χ1v) is 9.54. The van der Waals surface area contributed by atoms with Crippen molar-refractivity contribution in [2.45, 2.75) is 12.5 Å². The Labute approximate surface area is 165 Å². The van der Waals surface area contributed by atoms with Gasteiger partial charge in [-0.3, -0.25) is 9.78 Å². The van der Waals surface area contributed by atoms with Crippen LogP contribution in [0.25, 0.3) is 0 Å². The molecule has 1 fully saturated rings. The monoisotopic (exact) mass is 379 g/mol. The molecule has 2 atom stereocenters. The van der Waals surface area contributed by atoms with Gasteiger partial charge in [0.15, 0.2) is 0 Å². The summed E-state index contributed by atoms with van der Waals surface area (Å²) in [5.41, 5.74) is 2.35. The van der Waals surface area contributed by atoms with Gasteiger partial charge in [-0.2, -0.15) is 0 Å². The number of nitrogens with one attached hydrogen (secondary N) is 1. The molecule has 0 unspecified atom stereocenters. The Morgan fingerprint density at radius 2 is 2.29 bits per heavy atom. The third-order valence-corrected chi connectivity index (χ3v) is 5.56. The summed E-state index contributed by atoms with van der Waals surface area (Å²) >= 11 is 0. The molecule has 0 saturated carbocycles. The molecule has 1 aromatic carbocycles. The molecule has 146 valence electrons. The van der Waals surface area contributed by atoms with Crippen molar-refractivity contribution in [3.8, 4) is 5.75 Å². The highest BCUT2D eigenvalue weighted by Gasteiger charge is 2.41. The minimum absolute atomic E-state index is 0.0557. The number of amides is 1. The second-order valence-corrected chi connectivity index (χ2v) is 7.11. The van der Waals surface area contributed by atoms with E-state index in [9.17, 15) is 4.79 Å². The van der Waals surface area contributed by atoms with Crippen LogP contribution in [0, 0.1) is 5.92 Å². The number of nitrogens with zero attached hydrogens (tertiary/aromatic N) is 4. The smallest absolute Gasteiger partial charge is 0.225 e. The number of hydrogen-bond acceptors (Lipinski definition) is 6. The lowest BCUT2D eigenvalue weighted by Gasteiger charge is -2.49. The van der Waals surface area contributed by atoms with Crippen LogP contribution in [0.2, 0.25) is 0 Å². The summed E-state index contributed by atoms with van der Waals surface area (Å²) in [7, 11) is 1.68. The van der Waals surface area contributed by atoms with E-state index in [4.69, 9.17) is 4.74 Å². The first kappa shape index (κ1) is 18.3. The van der Waals surface area contributed by atoms with Crippen molar-refractivity contribution in [2.75, 3.05) is 43.1 Å². The van der Waals surface area contributed by atoms with E-state index < -0.39 is 0 Å². The zero-order valence-corrected chi connectivity index (χ0v) is 16.0. The first-order valence-electron chi connectivity index (χ1n) is 9.54. The number of hydrogen-bond donors (Lipinski definition) is 1. The Morgan fingerprint density at radius 3 is 3.04 bits per heavy atom. The molecular formula is C21H25N5O2. The zero-order chi connectivity index (χ0) is 19.5. The predicted molar refractivity (Wildman–Crippen MR) is 109 cm³/mol. The molecular weight excluding hydrogens is 354 g/mol. The van der Waals surface area contributed by atoms with Crippen molar-refractivity contribution in [1.29, 1.82) is 0 Å². The van der Waals surface area contributed by atoms with Crippen LogP contribution in [0.1, 0.15) is 5.56 Å². The summed E-state index contributed by atoms with van der Waals surface area (Å²) in [6.45, 7) is 6.54. The minimum Gasteiger partial charge on any atom is -0.497 e. The molecule has 2 aliphatic rings. The van der Waals surface area contributed by atoms with Gasteiger partial charge in [-0.05, 0) is 18.1 Å². The Bertz CT molecular complexity index is 857. The van der Waals surface area contributed by atoms with Crippen LogP contribution in [-0.2, 0) is 11.2 Å². The number of rotatable bonds is 5. The van der Waals surface area contributed by atoms with Gasteiger partial charge in [-0.1, -0.05) is 12.1 Å².